The SMILES string of the molecule is CC(N)C1CCN(c2cc(C(N)=O)ccn2)CC1. The maximum atomic E-state index is 11.1. The smallest absolute Gasteiger partial charge is 0.248 e. The van der Waals surface area contributed by atoms with Gasteiger partial charge < -0.3 is 16.4 Å². The molecule has 5 heteroatoms. The van der Waals surface area contributed by atoms with Crippen molar-refractivity contribution in [3.63, 3.8) is 0 Å². The number of piperidine rings is 1. The number of nitrogens with zero attached hydrogens (tertiary/aromatic N) is 2. The average molecular weight is 248 g/mol. The summed E-state index contributed by atoms with van der Waals surface area (Å²) in [6, 6.07) is 3.65. The summed E-state index contributed by atoms with van der Waals surface area (Å²) >= 11 is 0. The summed E-state index contributed by atoms with van der Waals surface area (Å²) in [6.45, 7) is 3.93. The van der Waals surface area contributed by atoms with Crippen LogP contribution in [0.4, 0.5) is 5.82 Å². The van der Waals surface area contributed by atoms with Gasteiger partial charge in [-0.2, -0.15) is 0 Å². The van der Waals surface area contributed by atoms with E-state index >= 15 is 0 Å². The van der Waals surface area contributed by atoms with Gasteiger partial charge in [0.2, 0.25) is 5.91 Å². The highest BCUT2D eigenvalue weighted by molar-refractivity contribution is 5.93. The number of primary amides is 1. The fourth-order valence-electron chi connectivity index (χ4n) is 2.40. The first kappa shape index (κ1) is 12.8. The molecule has 1 atom stereocenters. The lowest BCUT2D eigenvalue weighted by molar-refractivity contribution is 0.1000. The molecule has 1 aromatic rings. The molecule has 1 unspecified atom stereocenters. The van der Waals surface area contributed by atoms with Gasteiger partial charge in [-0.25, -0.2) is 4.98 Å². The number of rotatable bonds is 3. The van der Waals surface area contributed by atoms with Crippen LogP contribution in [-0.4, -0.2) is 30.0 Å². The summed E-state index contributed by atoms with van der Waals surface area (Å²) in [6.07, 6.45) is 3.77. The average Bonchev–Trinajstić information content (AvgIpc) is 2.39. The maximum absolute atomic E-state index is 11.1. The van der Waals surface area contributed by atoms with Crippen LogP contribution in [-0.2, 0) is 0 Å². The van der Waals surface area contributed by atoms with Crippen LogP contribution in [0.1, 0.15) is 30.1 Å². The topological polar surface area (TPSA) is 85.2 Å². The van der Waals surface area contributed by atoms with E-state index in [1.54, 1.807) is 18.3 Å². The summed E-state index contributed by atoms with van der Waals surface area (Å²) in [7, 11) is 0. The number of pyridine rings is 1. The van der Waals surface area contributed by atoms with Crippen LogP contribution in [0.2, 0.25) is 0 Å². The van der Waals surface area contributed by atoms with Crippen molar-refractivity contribution < 1.29 is 4.79 Å². The first-order valence-electron chi connectivity index (χ1n) is 6.34. The van der Waals surface area contributed by atoms with E-state index in [2.05, 4.69) is 16.8 Å². The molecular weight excluding hydrogens is 228 g/mol. The van der Waals surface area contributed by atoms with Crippen LogP contribution in [0.5, 0.6) is 0 Å². The molecule has 18 heavy (non-hydrogen) atoms. The number of amides is 1. The Kier molecular flexibility index (Phi) is 3.81. The molecule has 1 aromatic heterocycles. The van der Waals surface area contributed by atoms with E-state index in [1.807, 2.05) is 0 Å². The monoisotopic (exact) mass is 248 g/mol. The Hall–Kier alpha value is -1.62. The third kappa shape index (κ3) is 2.79. The molecule has 2 heterocycles. The van der Waals surface area contributed by atoms with E-state index in [0.717, 1.165) is 31.7 Å². The Morgan fingerprint density at radius 3 is 2.72 bits per heavy atom. The molecule has 4 N–H and O–H groups in total. The molecule has 0 radical (unpaired) electrons. The minimum atomic E-state index is -0.413. The second-order valence-corrected chi connectivity index (χ2v) is 4.95. The van der Waals surface area contributed by atoms with Crippen molar-refractivity contribution in [3.05, 3.63) is 23.9 Å². The molecular formula is C13H20N4O. The number of carbonyl (C=O) groups is 1. The van der Waals surface area contributed by atoms with Crippen molar-refractivity contribution in [3.8, 4) is 0 Å². The first-order valence-corrected chi connectivity index (χ1v) is 6.34. The second kappa shape index (κ2) is 5.35. The minimum Gasteiger partial charge on any atom is -0.366 e. The molecule has 0 saturated carbocycles. The molecule has 0 spiro atoms. The summed E-state index contributed by atoms with van der Waals surface area (Å²) in [4.78, 5) is 17.6. The van der Waals surface area contributed by atoms with Crippen LogP contribution in [0.25, 0.3) is 0 Å². The molecule has 1 amide bonds. The van der Waals surface area contributed by atoms with Crippen LogP contribution in [0, 0.1) is 5.92 Å². The number of aromatic nitrogens is 1. The highest BCUT2D eigenvalue weighted by Gasteiger charge is 2.22. The summed E-state index contributed by atoms with van der Waals surface area (Å²) in [5.74, 6) is 0.999. The lowest BCUT2D eigenvalue weighted by atomic mass is 9.91. The molecule has 0 bridgehead atoms. The zero-order valence-corrected chi connectivity index (χ0v) is 10.7. The van der Waals surface area contributed by atoms with Crippen molar-refractivity contribution in [2.24, 2.45) is 17.4 Å². The van der Waals surface area contributed by atoms with E-state index in [4.69, 9.17) is 11.5 Å². The number of hydrogen-bond donors (Lipinski definition) is 2. The Morgan fingerprint density at radius 1 is 1.50 bits per heavy atom. The van der Waals surface area contributed by atoms with E-state index in [1.165, 1.54) is 0 Å². The zero-order chi connectivity index (χ0) is 13.1. The lowest BCUT2D eigenvalue weighted by Crippen LogP contribution is -2.40. The third-order valence-electron chi connectivity index (χ3n) is 3.64. The summed E-state index contributed by atoms with van der Waals surface area (Å²) in [5.41, 5.74) is 11.7. The predicted molar refractivity (Wildman–Crippen MR) is 71.3 cm³/mol. The lowest BCUT2D eigenvalue weighted by Gasteiger charge is -2.34. The van der Waals surface area contributed by atoms with E-state index in [-0.39, 0.29) is 6.04 Å². The molecule has 2 rings (SSSR count). The number of hydrogen-bond acceptors (Lipinski definition) is 4. The molecule has 1 aliphatic heterocycles. The van der Waals surface area contributed by atoms with Gasteiger partial charge in [0, 0.05) is 30.9 Å². The number of carbonyl (C=O) groups excluding carboxylic acids is 1. The molecule has 98 valence electrons. The Balaban J connectivity index is 2.05. The molecule has 1 fully saturated rings. The molecule has 0 aliphatic carbocycles. The van der Waals surface area contributed by atoms with Gasteiger partial charge in [0.1, 0.15) is 5.82 Å². The maximum Gasteiger partial charge on any atom is 0.248 e. The van der Waals surface area contributed by atoms with Crippen molar-refractivity contribution in [1.29, 1.82) is 0 Å². The van der Waals surface area contributed by atoms with Crippen LogP contribution in [0.3, 0.4) is 0 Å². The molecule has 1 saturated heterocycles. The Labute approximate surface area is 107 Å². The second-order valence-electron chi connectivity index (χ2n) is 4.95. The van der Waals surface area contributed by atoms with Gasteiger partial charge in [0.15, 0.2) is 0 Å². The molecule has 0 aromatic carbocycles. The summed E-state index contributed by atoms with van der Waals surface area (Å²) in [5, 5.41) is 0. The summed E-state index contributed by atoms with van der Waals surface area (Å²) < 4.78 is 0. The van der Waals surface area contributed by atoms with Gasteiger partial charge in [-0.1, -0.05) is 0 Å². The van der Waals surface area contributed by atoms with Gasteiger partial charge in [-0.05, 0) is 37.8 Å². The van der Waals surface area contributed by atoms with Crippen molar-refractivity contribution in [2.75, 3.05) is 18.0 Å². The predicted octanol–water partition coefficient (Wildman–Crippen LogP) is 0.744. The fourth-order valence-corrected chi connectivity index (χ4v) is 2.40. The van der Waals surface area contributed by atoms with Crippen LogP contribution >= 0.6 is 0 Å². The quantitative estimate of drug-likeness (QED) is 0.826. The van der Waals surface area contributed by atoms with E-state index in [0.29, 0.717) is 11.5 Å². The first-order chi connectivity index (χ1) is 8.58. The van der Waals surface area contributed by atoms with Crippen molar-refractivity contribution in [2.45, 2.75) is 25.8 Å². The standard InChI is InChI=1S/C13H20N4O/c1-9(14)10-3-6-17(7-4-10)12-8-11(13(15)18)2-5-16-12/h2,5,8-10H,3-4,6-7,14H2,1H3,(H2,15,18). The van der Waals surface area contributed by atoms with Gasteiger partial charge in [-0.15, -0.1) is 0 Å². The van der Waals surface area contributed by atoms with E-state index < -0.39 is 5.91 Å². The third-order valence-corrected chi connectivity index (χ3v) is 3.64. The van der Waals surface area contributed by atoms with Gasteiger partial charge >= 0.3 is 0 Å². The Bertz CT molecular complexity index is 425. The number of anilines is 1. The van der Waals surface area contributed by atoms with Crippen LogP contribution in [0.15, 0.2) is 18.3 Å². The molecule has 1 aliphatic rings. The number of nitrogens with two attached hydrogens (primary N) is 2. The highest BCUT2D eigenvalue weighted by Crippen LogP contribution is 2.23. The van der Waals surface area contributed by atoms with E-state index in [9.17, 15) is 4.79 Å². The van der Waals surface area contributed by atoms with Gasteiger partial charge in [0.25, 0.3) is 0 Å². The normalized spacial score (nSPS) is 18.7. The van der Waals surface area contributed by atoms with Crippen molar-refractivity contribution in [1.82, 2.24) is 4.98 Å². The van der Waals surface area contributed by atoms with Gasteiger partial charge in [0.05, 0.1) is 0 Å². The van der Waals surface area contributed by atoms with Gasteiger partial charge in [-0.3, -0.25) is 4.79 Å². The minimum absolute atomic E-state index is 0.247. The highest BCUT2D eigenvalue weighted by atomic mass is 16.1. The zero-order valence-electron chi connectivity index (χ0n) is 10.7. The van der Waals surface area contributed by atoms with Crippen molar-refractivity contribution >= 4 is 11.7 Å². The van der Waals surface area contributed by atoms with Crippen LogP contribution < -0.4 is 16.4 Å². The molecule has 5 nitrogen and oxygen atoms in total. The Morgan fingerprint density at radius 2 is 2.17 bits per heavy atom. The largest absolute Gasteiger partial charge is 0.366 e. The fraction of sp³-hybridized carbons (Fsp3) is 0.538.